The monoisotopic (exact) mass is 926 g/mol. The summed E-state index contributed by atoms with van der Waals surface area (Å²) in [6.07, 6.45) is 3.64. The number of ether oxygens (including phenoxy) is 2. The van der Waals surface area contributed by atoms with Gasteiger partial charge in [-0.2, -0.15) is 0 Å². The van der Waals surface area contributed by atoms with E-state index in [-0.39, 0.29) is 78.2 Å². The van der Waals surface area contributed by atoms with Crippen LogP contribution in [0.2, 0.25) is 10.0 Å². The molecule has 0 spiro atoms. The van der Waals surface area contributed by atoms with Gasteiger partial charge in [0.2, 0.25) is 10.9 Å². The molecule has 64 heavy (non-hydrogen) atoms. The van der Waals surface area contributed by atoms with Crippen LogP contribution in [0.3, 0.4) is 0 Å². The Hall–Kier alpha value is -6.22. The fourth-order valence-corrected chi connectivity index (χ4v) is 8.70. The fourth-order valence-electron chi connectivity index (χ4n) is 8.24. The van der Waals surface area contributed by atoms with Crippen molar-refractivity contribution in [3.05, 3.63) is 124 Å². The second-order valence-corrected chi connectivity index (χ2v) is 16.6. The molecule has 4 aromatic rings. The number of carbonyl (C=O) groups excluding carboxylic acids is 4. The van der Waals surface area contributed by atoms with Gasteiger partial charge in [-0.15, -0.1) is 0 Å². The number of fused-ring (bicyclic) bond motifs is 8. The van der Waals surface area contributed by atoms with Crippen molar-refractivity contribution >= 4 is 46.8 Å². The molecule has 2 atom stereocenters. The number of hydrogen-bond acceptors (Lipinski definition) is 12. The van der Waals surface area contributed by atoms with E-state index in [0.29, 0.717) is 44.3 Å². The molecule has 22 heteroatoms. The minimum absolute atomic E-state index is 0.0277. The van der Waals surface area contributed by atoms with Gasteiger partial charge < -0.3 is 40.1 Å². The zero-order valence-electron chi connectivity index (χ0n) is 34.2. The van der Waals surface area contributed by atoms with Gasteiger partial charge in [0, 0.05) is 69.9 Å². The van der Waals surface area contributed by atoms with Crippen LogP contribution in [0.4, 0.5) is 8.78 Å². The number of rotatable bonds is 10. The van der Waals surface area contributed by atoms with Crippen LogP contribution >= 0.6 is 23.2 Å². The molecule has 0 aliphatic carbocycles. The lowest BCUT2D eigenvalue weighted by Crippen LogP contribution is -2.57. The number of amides is 4. The van der Waals surface area contributed by atoms with Crippen LogP contribution in [0.5, 0.6) is 11.5 Å². The lowest BCUT2D eigenvalue weighted by atomic mass is 10.1. The topological polar surface area (TPSA) is 208 Å². The Bertz CT molecular complexity index is 2700. The minimum atomic E-state index is -1.07. The number of nitrogens with one attached hydrogen (secondary N) is 2. The van der Waals surface area contributed by atoms with E-state index in [4.69, 9.17) is 32.7 Å². The predicted molar refractivity (Wildman–Crippen MR) is 226 cm³/mol. The van der Waals surface area contributed by atoms with E-state index >= 15 is 4.39 Å². The number of nitrogens with zero attached hydrogens (tertiary/aromatic N) is 6. The van der Waals surface area contributed by atoms with Gasteiger partial charge in [0.25, 0.3) is 23.6 Å². The predicted octanol–water partition coefficient (Wildman–Crippen LogP) is 2.76. The standard InChI is InChI=1S/C42H42Cl2F2N8O10/c1-63-25-5-9-49-20-51(11-7-25)53-18-28(36(56)37(57)33(53)41(49)61)40(60)48-16-24-13-22(14-30(44)32(24)46)19-64-26-6-10-50-21-52(12-8-26)54-17-27(35(55)38(58)34(54)42(50)62)39(59)47-15-23-3-2-4-29(43)31(23)45/h2-4,13-14,17-18,25-26,57-58H,5-12,15-16,19-21H2,1H3,(H,47,59)(H,48,60). The molecule has 4 bridgehead atoms. The highest BCUT2D eigenvalue weighted by molar-refractivity contribution is 6.31. The lowest BCUT2D eigenvalue weighted by molar-refractivity contribution is 0.0140. The Morgan fingerprint density at radius 2 is 1.22 bits per heavy atom. The minimum Gasteiger partial charge on any atom is -0.502 e. The van der Waals surface area contributed by atoms with Crippen molar-refractivity contribution in [1.29, 1.82) is 0 Å². The third-order valence-corrected chi connectivity index (χ3v) is 12.4. The molecular formula is C42H42Cl2F2N8O10. The summed E-state index contributed by atoms with van der Waals surface area (Å²) < 4.78 is 44.1. The molecule has 2 aromatic heterocycles. The van der Waals surface area contributed by atoms with Gasteiger partial charge in [0.1, 0.15) is 36.1 Å². The maximum Gasteiger partial charge on any atom is 0.277 e. The summed E-state index contributed by atoms with van der Waals surface area (Å²) in [5.74, 6) is -6.41. The zero-order valence-corrected chi connectivity index (χ0v) is 35.8. The van der Waals surface area contributed by atoms with E-state index in [0.717, 1.165) is 6.20 Å². The number of carbonyl (C=O) groups is 4. The Kier molecular flexibility index (Phi) is 12.6. The molecule has 4 aliphatic heterocycles. The Labute approximate surface area is 373 Å². The smallest absolute Gasteiger partial charge is 0.277 e. The second-order valence-electron chi connectivity index (χ2n) is 15.8. The quantitative estimate of drug-likeness (QED) is 0.181. The molecule has 0 saturated carbocycles. The van der Waals surface area contributed by atoms with Crippen molar-refractivity contribution in [2.24, 2.45) is 0 Å². The normalized spacial score (nSPS) is 18.4. The van der Waals surface area contributed by atoms with Crippen molar-refractivity contribution in [1.82, 2.24) is 29.8 Å². The molecule has 4 N–H and O–H groups in total. The van der Waals surface area contributed by atoms with Gasteiger partial charge in [-0.25, -0.2) is 8.78 Å². The summed E-state index contributed by atoms with van der Waals surface area (Å²) in [7, 11) is 1.58. The maximum absolute atomic E-state index is 15.4. The number of pyridine rings is 2. The summed E-state index contributed by atoms with van der Waals surface area (Å²) >= 11 is 12.1. The van der Waals surface area contributed by atoms with Gasteiger partial charge >= 0.3 is 0 Å². The molecule has 18 nitrogen and oxygen atoms in total. The third-order valence-electron chi connectivity index (χ3n) is 11.8. The highest BCUT2D eigenvalue weighted by Gasteiger charge is 2.38. The molecule has 4 amide bonds. The van der Waals surface area contributed by atoms with E-state index < -0.39 is 81.4 Å². The Morgan fingerprint density at radius 3 is 1.78 bits per heavy atom. The summed E-state index contributed by atoms with van der Waals surface area (Å²) in [6, 6.07) is 7.06. The number of halogens is 4. The average molecular weight is 928 g/mol. The van der Waals surface area contributed by atoms with Gasteiger partial charge in [-0.1, -0.05) is 35.3 Å². The number of aromatic nitrogens is 2. The molecular weight excluding hydrogens is 885 g/mol. The van der Waals surface area contributed by atoms with Crippen molar-refractivity contribution in [2.45, 2.75) is 57.6 Å². The highest BCUT2D eigenvalue weighted by atomic mass is 35.5. The van der Waals surface area contributed by atoms with Crippen LogP contribution in [0.15, 0.2) is 52.3 Å². The largest absolute Gasteiger partial charge is 0.502 e. The highest BCUT2D eigenvalue weighted by Crippen LogP contribution is 2.28. The van der Waals surface area contributed by atoms with Crippen LogP contribution in [0, 0.1) is 11.6 Å². The van der Waals surface area contributed by atoms with Crippen molar-refractivity contribution in [2.75, 3.05) is 56.6 Å². The maximum atomic E-state index is 15.4. The lowest BCUT2D eigenvalue weighted by Gasteiger charge is -2.42. The van der Waals surface area contributed by atoms with Crippen LogP contribution in [0.25, 0.3) is 0 Å². The van der Waals surface area contributed by atoms with Crippen molar-refractivity contribution in [3.8, 4) is 11.5 Å². The van der Waals surface area contributed by atoms with E-state index in [1.165, 1.54) is 55.7 Å². The van der Waals surface area contributed by atoms with E-state index in [1.54, 1.807) is 17.1 Å². The molecule has 4 aliphatic rings. The van der Waals surface area contributed by atoms with Gasteiger partial charge in [0.15, 0.2) is 22.9 Å². The molecule has 2 fully saturated rings. The first-order valence-corrected chi connectivity index (χ1v) is 21.1. The van der Waals surface area contributed by atoms with Gasteiger partial charge in [0.05, 0.1) is 28.9 Å². The summed E-state index contributed by atoms with van der Waals surface area (Å²) in [6.45, 7) is 0.590. The van der Waals surface area contributed by atoms with Crippen LogP contribution < -0.4 is 31.5 Å². The number of aromatic hydroxyl groups is 2. The number of methoxy groups -OCH3 is 1. The van der Waals surface area contributed by atoms with E-state index in [9.17, 15) is 43.4 Å². The molecule has 2 aromatic carbocycles. The zero-order chi connectivity index (χ0) is 45.6. The Balaban J connectivity index is 0.934. The number of hydrogen-bond donors (Lipinski definition) is 4. The second kappa shape index (κ2) is 18.1. The SMILES string of the molecule is COC1CCN2CN(CC1)n1cc(C(=O)NCc3cc(COC4CCN5CN(CC4)n4cc(C(=O)NCc6cccc(Cl)c6F)c(=O)c(O)c4C5=O)cc(Cl)c3F)c(=O)c(O)c1C2=O. The molecule has 338 valence electrons. The molecule has 6 heterocycles. The van der Waals surface area contributed by atoms with Crippen molar-refractivity contribution in [3.63, 3.8) is 0 Å². The molecule has 8 rings (SSSR count). The van der Waals surface area contributed by atoms with Crippen LogP contribution in [-0.4, -0.2) is 112 Å². The molecule has 2 unspecified atom stereocenters. The Morgan fingerprint density at radius 1 is 0.719 bits per heavy atom. The van der Waals surface area contributed by atoms with Crippen LogP contribution in [0.1, 0.15) is 84.1 Å². The number of benzene rings is 2. The van der Waals surface area contributed by atoms with E-state index in [1.807, 2.05) is 0 Å². The first kappa shape index (κ1) is 44.4. The summed E-state index contributed by atoms with van der Waals surface area (Å²) in [4.78, 5) is 82.8. The average Bonchev–Trinajstić information content (AvgIpc) is 3.26. The van der Waals surface area contributed by atoms with Gasteiger partial charge in [-0.3, -0.25) is 48.1 Å². The van der Waals surface area contributed by atoms with E-state index in [2.05, 4.69) is 10.6 Å². The fraction of sp³-hybridized carbons (Fsp3) is 0.381. The van der Waals surface area contributed by atoms with Crippen molar-refractivity contribution < 1.29 is 47.6 Å². The third kappa shape index (κ3) is 8.45. The van der Waals surface area contributed by atoms with Gasteiger partial charge in [-0.05, 0) is 49.4 Å². The molecule has 0 radical (unpaired) electrons. The summed E-state index contributed by atoms with van der Waals surface area (Å²) in [5.41, 5.74) is -3.17. The van der Waals surface area contributed by atoms with Crippen LogP contribution in [-0.2, 0) is 29.2 Å². The first-order valence-electron chi connectivity index (χ1n) is 20.3. The molecule has 2 saturated heterocycles. The first-order chi connectivity index (χ1) is 30.6. The summed E-state index contributed by atoms with van der Waals surface area (Å²) in [5, 5.41) is 29.8.